The van der Waals surface area contributed by atoms with E-state index in [4.69, 9.17) is 16.3 Å². The molecule has 1 rings (SSSR count). The molecule has 1 aromatic carbocycles. The highest BCUT2D eigenvalue weighted by molar-refractivity contribution is 7.89. The zero-order chi connectivity index (χ0) is 14.5. The molecule has 0 atom stereocenters. The molecular weight excluding hydrogens is 286 g/mol. The molecule has 0 fully saturated rings. The van der Waals surface area contributed by atoms with Gasteiger partial charge in [-0.05, 0) is 31.5 Å². The number of alkyl halides is 1. The summed E-state index contributed by atoms with van der Waals surface area (Å²) in [6.45, 7) is 4.39. The van der Waals surface area contributed by atoms with E-state index in [0.29, 0.717) is 19.0 Å². The second-order valence-corrected chi connectivity index (χ2v) is 6.64. The van der Waals surface area contributed by atoms with Gasteiger partial charge in [0.05, 0.1) is 11.5 Å². The molecule has 1 aromatic rings. The van der Waals surface area contributed by atoms with Gasteiger partial charge in [-0.1, -0.05) is 12.1 Å². The van der Waals surface area contributed by atoms with Gasteiger partial charge in [0, 0.05) is 25.6 Å². The number of rotatable bonds is 7. The van der Waals surface area contributed by atoms with E-state index in [1.807, 2.05) is 13.8 Å². The lowest BCUT2D eigenvalue weighted by Gasteiger charge is -2.25. The van der Waals surface area contributed by atoms with Crippen LogP contribution in [0.25, 0.3) is 0 Å². The molecule has 0 spiro atoms. The summed E-state index contributed by atoms with van der Waals surface area (Å²) < 4.78 is 31.6. The largest absolute Gasteiger partial charge is 0.383 e. The Balaban J connectivity index is 3.11. The fourth-order valence-electron chi connectivity index (χ4n) is 1.76. The second kappa shape index (κ2) is 7.24. The zero-order valence-corrected chi connectivity index (χ0v) is 13.0. The van der Waals surface area contributed by atoms with Crippen LogP contribution in [0, 0.1) is 0 Å². The van der Waals surface area contributed by atoms with E-state index in [2.05, 4.69) is 0 Å². The SMILES string of the molecule is COCCN(C(C)C)S(=O)(=O)c1cccc(CCl)c1. The molecule has 0 amide bonds. The van der Waals surface area contributed by atoms with E-state index < -0.39 is 10.0 Å². The Hall–Kier alpha value is -0.620. The number of halogens is 1. The van der Waals surface area contributed by atoms with Crippen molar-refractivity contribution in [2.75, 3.05) is 20.3 Å². The Morgan fingerprint density at radius 3 is 2.58 bits per heavy atom. The van der Waals surface area contributed by atoms with Gasteiger partial charge in [-0.3, -0.25) is 0 Å². The van der Waals surface area contributed by atoms with E-state index in [1.165, 1.54) is 4.31 Å². The molecule has 108 valence electrons. The molecule has 19 heavy (non-hydrogen) atoms. The minimum atomic E-state index is -3.51. The normalized spacial score (nSPS) is 12.3. The van der Waals surface area contributed by atoms with Gasteiger partial charge in [-0.25, -0.2) is 8.42 Å². The standard InChI is InChI=1S/C13H20ClNO3S/c1-11(2)15(7-8-18-3)19(16,17)13-6-4-5-12(9-13)10-14/h4-6,9,11H,7-8,10H2,1-3H3. The van der Waals surface area contributed by atoms with E-state index in [9.17, 15) is 8.42 Å². The average Bonchev–Trinajstić information content (AvgIpc) is 2.38. The van der Waals surface area contributed by atoms with Gasteiger partial charge in [0.1, 0.15) is 0 Å². The highest BCUT2D eigenvalue weighted by Crippen LogP contribution is 2.20. The van der Waals surface area contributed by atoms with Crippen molar-refractivity contribution in [1.82, 2.24) is 4.31 Å². The third-order valence-electron chi connectivity index (χ3n) is 2.75. The summed E-state index contributed by atoms with van der Waals surface area (Å²) in [5, 5.41) is 0. The fourth-order valence-corrected chi connectivity index (χ4v) is 3.62. The molecule has 0 unspecified atom stereocenters. The Morgan fingerprint density at radius 2 is 2.05 bits per heavy atom. The molecule has 0 bridgehead atoms. The van der Waals surface area contributed by atoms with Gasteiger partial charge < -0.3 is 4.74 Å². The van der Waals surface area contributed by atoms with Crippen LogP contribution in [0.2, 0.25) is 0 Å². The summed E-state index contributed by atoms with van der Waals surface area (Å²) in [4.78, 5) is 0.274. The highest BCUT2D eigenvalue weighted by Gasteiger charge is 2.26. The van der Waals surface area contributed by atoms with E-state index in [1.54, 1.807) is 31.4 Å². The summed E-state index contributed by atoms with van der Waals surface area (Å²) in [5.74, 6) is 0.295. The molecule has 6 heteroatoms. The maximum atomic E-state index is 12.6. The van der Waals surface area contributed by atoms with Crippen LogP contribution >= 0.6 is 11.6 Å². The average molecular weight is 306 g/mol. The Kier molecular flexibility index (Phi) is 6.26. The number of hydrogen-bond donors (Lipinski definition) is 0. The molecule has 4 nitrogen and oxygen atoms in total. The number of nitrogens with zero attached hydrogens (tertiary/aromatic N) is 1. The molecule has 0 heterocycles. The van der Waals surface area contributed by atoms with E-state index >= 15 is 0 Å². The van der Waals surface area contributed by atoms with Crippen LogP contribution in [0.4, 0.5) is 0 Å². The van der Waals surface area contributed by atoms with Crippen LogP contribution in [0.5, 0.6) is 0 Å². The molecule has 0 N–H and O–H groups in total. The molecule has 0 aliphatic heterocycles. The van der Waals surface area contributed by atoms with Crippen molar-refractivity contribution < 1.29 is 13.2 Å². The molecule has 0 radical (unpaired) electrons. The molecule has 0 aliphatic rings. The monoisotopic (exact) mass is 305 g/mol. The van der Waals surface area contributed by atoms with Crippen LogP contribution in [-0.2, 0) is 20.6 Å². The van der Waals surface area contributed by atoms with Gasteiger partial charge in [-0.15, -0.1) is 11.6 Å². The first kappa shape index (κ1) is 16.4. The fraction of sp³-hybridized carbons (Fsp3) is 0.538. The summed E-state index contributed by atoms with van der Waals surface area (Å²) >= 11 is 5.75. The summed E-state index contributed by atoms with van der Waals surface area (Å²) in [7, 11) is -1.96. The second-order valence-electron chi connectivity index (χ2n) is 4.48. The van der Waals surface area contributed by atoms with Crippen molar-refractivity contribution in [3.05, 3.63) is 29.8 Å². The van der Waals surface area contributed by atoms with Gasteiger partial charge >= 0.3 is 0 Å². The summed E-state index contributed by atoms with van der Waals surface area (Å²) in [6.07, 6.45) is 0. The smallest absolute Gasteiger partial charge is 0.243 e. The maximum Gasteiger partial charge on any atom is 0.243 e. The third-order valence-corrected chi connectivity index (χ3v) is 5.13. The summed E-state index contributed by atoms with van der Waals surface area (Å²) in [5.41, 5.74) is 0.790. The van der Waals surface area contributed by atoms with Crippen molar-refractivity contribution >= 4 is 21.6 Å². The molecule has 0 aromatic heterocycles. The van der Waals surface area contributed by atoms with Crippen LogP contribution in [-0.4, -0.2) is 39.0 Å². The van der Waals surface area contributed by atoms with E-state index in [-0.39, 0.29) is 10.9 Å². The van der Waals surface area contributed by atoms with Crippen LogP contribution < -0.4 is 0 Å². The van der Waals surface area contributed by atoms with Crippen molar-refractivity contribution in [3.8, 4) is 0 Å². The van der Waals surface area contributed by atoms with Crippen LogP contribution in [0.3, 0.4) is 0 Å². The lowest BCUT2D eigenvalue weighted by atomic mass is 10.2. The molecule has 0 saturated heterocycles. The molecular formula is C13H20ClNO3S. The van der Waals surface area contributed by atoms with E-state index in [0.717, 1.165) is 5.56 Å². The van der Waals surface area contributed by atoms with Crippen LogP contribution in [0.15, 0.2) is 29.2 Å². The van der Waals surface area contributed by atoms with Crippen LogP contribution in [0.1, 0.15) is 19.4 Å². The minimum absolute atomic E-state index is 0.125. The first-order valence-electron chi connectivity index (χ1n) is 6.09. The predicted molar refractivity (Wildman–Crippen MR) is 76.9 cm³/mol. The lowest BCUT2D eigenvalue weighted by molar-refractivity contribution is 0.171. The Bertz CT molecular complexity index is 502. The van der Waals surface area contributed by atoms with Gasteiger partial charge in [0.15, 0.2) is 0 Å². The summed E-state index contributed by atoms with van der Waals surface area (Å²) in [6, 6.07) is 6.60. The molecule has 0 aliphatic carbocycles. The first-order chi connectivity index (χ1) is 8.93. The topological polar surface area (TPSA) is 46.6 Å². The zero-order valence-electron chi connectivity index (χ0n) is 11.5. The lowest BCUT2D eigenvalue weighted by Crippen LogP contribution is -2.39. The van der Waals surface area contributed by atoms with Crippen molar-refractivity contribution in [2.24, 2.45) is 0 Å². The molecule has 0 saturated carbocycles. The number of hydrogen-bond acceptors (Lipinski definition) is 3. The minimum Gasteiger partial charge on any atom is -0.383 e. The predicted octanol–water partition coefficient (Wildman–Crippen LogP) is 2.47. The first-order valence-corrected chi connectivity index (χ1v) is 8.06. The maximum absolute atomic E-state index is 12.6. The van der Waals surface area contributed by atoms with Crippen molar-refractivity contribution in [2.45, 2.75) is 30.7 Å². The van der Waals surface area contributed by atoms with Crippen molar-refractivity contribution in [3.63, 3.8) is 0 Å². The number of methoxy groups -OCH3 is 1. The number of ether oxygens (including phenoxy) is 1. The third kappa shape index (κ3) is 4.18. The highest BCUT2D eigenvalue weighted by atomic mass is 35.5. The van der Waals surface area contributed by atoms with Gasteiger partial charge in [0.2, 0.25) is 10.0 Å². The Labute approximate surface area is 120 Å². The number of sulfonamides is 1. The quantitative estimate of drug-likeness (QED) is 0.727. The van der Waals surface area contributed by atoms with Crippen molar-refractivity contribution in [1.29, 1.82) is 0 Å². The number of benzene rings is 1. The van der Waals surface area contributed by atoms with Gasteiger partial charge in [0.25, 0.3) is 0 Å². The Morgan fingerprint density at radius 1 is 1.37 bits per heavy atom. The van der Waals surface area contributed by atoms with Gasteiger partial charge in [-0.2, -0.15) is 4.31 Å².